The lowest BCUT2D eigenvalue weighted by molar-refractivity contribution is -0.119. The molecule has 1 aliphatic carbocycles. The van der Waals surface area contributed by atoms with E-state index in [2.05, 4.69) is 10.2 Å². The van der Waals surface area contributed by atoms with Gasteiger partial charge in [0.1, 0.15) is 10.8 Å². The van der Waals surface area contributed by atoms with E-state index in [1.807, 2.05) is 0 Å². The van der Waals surface area contributed by atoms with Gasteiger partial charge in [-0.1, -0.05) is 23.5 Å². The topological polar surface area (TPSA) is 55.3 Å². The number of carbonyl (C=O) groups excluding carboxylic acids is 1. The lowest BCUT2D eigenvalue weighted by Gasteiger charge is -2.18. The standard InChI is InChI=1S/C15H16FN3O2S/c1-21-8-7-19(14(20)10-5-6-10)15-18-17-13(22-15)11-3-2-4-12(16)9-11/h2-4,9-10H,5-8H2,1H3. The third-order valence-corrected chi connectivity index (χ3v) is 4.42. The van der Waals surface area contributed by atoms with E-state index in [4.69, 9.17) is 4.74 Å². The summed E-state index contributed by atoms with van der Waals surface area (Å²) < 4.78 is 18.4. The zero-order valence-corrected chi connectivity index (χ0v) is 13.0. The van der Waals surface area contributed by atoms with E-state index in [0.717, 1.165) is 12.8 Å². The molecule has 0 aliphatic heterocycles. The largest absolute Gasteiger partial charge is 0.383 e. The second kappa shape index (κ2) is 6.50. The molecule has 116 valence electrons. The van der Waals surface area contributed by atoms with Gasteiger partial charge in [0.2, 0.25) is 11.0 Å². The molecule has 1 aromatic carbocycles. The maximum absolute atomic E-state index is 13.3. The highest BCUT2D eigenvalue weighted by Crippen LogP contribution is 2.35. The number of aromatic nitrogens is 2. The van der Waals surface area contributed by atoms with Crippen molar-refractivity contribution in [3.05, 3.63) is 30.1 Å². The molecular formula is C15H16FN3O2S. The van der Waals surface area contributed by atoms with Gasteiger partial charge in [-0.25, -0.2) is 4.39 Å². The van der Waals surface area contributed by atoms with E-state index in [-0.39, 0.29) is 17.6 Å². The predicted octanol–water partition coefficient (Wildman–Crippen LogP) is 2.73. The van der Waals surface area contributed by atoms with E-state index in [0.29, 0.717) is 28.9 Å². The van der Waals surface area contributed by atoms with Gasteiger partial charge in [0.05, 0.1) is 13.2 Å². The van der Waals surface area contributed by atoms with E-state index < -0.39 is 0 Å². The number of hydrogen-bond donors (Lipinski definition) is 0. The van der Waals surface area contributed by atoms with Crippen molar-refractivity contribution in [1.82, 2.24) is 10.2 Å². The second-order valence-electron chi connectivity index (χ2n) is 5.16. The van der Waals surface area contributed by atoms with Gasteiger partial charge < -0.3 is 4.74 Å². The summed E-state index contributed by atoms with van der Waals surface area (Å²) in [5, 5.41) is 9.32. The van der Waals surface area contributed by atoms with Crippen molar-refractivity contribution < 1.29 is 13.9 Å². The van der Waals surface area contributed by atoms with Gasteiger partial charge >= 0.3 is 0 Å². The molecule has 1 amide bonds. The fourth-order valence-corrected chi connectivity index (χ4v) is 2.97. The summed E-state index contributed by atoms with van der Waals surface area (Å²) in [4.78, 5) is 14.0. The Morgan fingerprint density at radius 3 is 2.95 bits per heavy atom. The Morgan fingerprint density at radius 1 is 1.45 bits per heavy atom. The van der Waals surface area contributed by atoms with Gasteiger partial charge in [0.15, 0.2) is 0 Å². The van der Waals surface area contributed by atoms with Crippen molar-refractivity contribution in [3.63, 3.8) is 0 Å². The average molecular weight is 321 g/mol. The molecule has 1 saturated carbocycles. The number of methoxy groups -OCH3 is 1. The van der Waals surface area contributed by atoms with E-state index in [1.165, 1.54) is 23.5 Å². The number of carbonyl (C=O) groups is 1. The molecule has 1 aromatic heterocycles. The Hall–Kier alpha value is -1.86. The molecule has 22 heavy (non-hydrogen) atoms. The second-order valence-corrected chi connectivity index (χ2v) is 6.11. The maximum Gasteiger partial charge on any atom is 0.232 e. The number of benzene rings is 1. The van der Waals surface area contributed by atoms with Crippen LogP contribution in [0.2, 0.25) is 0 Å². The van der Waals surface area contributed by atoms with Crippen LogP contribution in [0.4, 0.5) is 9.52 Å². The van der Waals surface area contributed by atoms with Crippen molar-refractivity contribution in [2.75, 3.05) is 25.2 Å². The quantitative estimate of drug-likeness (QED) is 0.821. The van der Waals surface area contributed by atoms with Crippen molar-refractivity contribution in [1.29, 1.82) is 0 Å². The molecule has 1 heterocycles. The number of anilines is 1. The smallest absolute Gasteiger partial charge is 0.232 e. The van der Waals surface area contributed by atoms with Crippen molar-refractivity contribution in [3.8, 4) is 10.6 Å². The van der Waals surface area contributed by atoms with Gasteiger partial charge in [-0.05, 0) is 25.0 Å². The van der Waals surface area contributed by atoms with Crippen molar-refractivity contribution in [2.24, 2.45) is 5.92 Å². The Kier molecular flexibility index (Phi) is 4.44. The summed E-state index contributed by atoms with van der Waals surface area (Å²) in [5.41, 5.74) is 0.661. The molecule has 5 nitrogen and oxygen atoms in total. The number of hydrogen-bond acceptors (Lipinski definition) is 5. The zero-order chi connectivity index (χ0) is 15.5. The van der Waals surface area contributed by atoms with Crippen LogP contribution < -0.4 is 4.90 Å². The molecule has 0 spiro atoms. The highest BCUT2D eigenvalue weighted by molar-refractivity contribution is 7.18. The molecule has 3 rings (SSSR count). The first kappa shape index (κ1) is 15.1. The molecule has 2 aromatic rings. The van der Waals surface area contributed by atoms with Crippen LogP contribution in [0.15, 0.2) is 24.3 Å². The first-order chi connectivity index (χ1) is 10.7. The van der Waals surface area contributed by atoms with Gasteiger partial charge in [0, 0.05) is 18.6 Å². The molecule has 7 heteroatoms. The van der Waals surface area contributed by atoms with E-state index in [1.54, 1.807) is 24.1 Å². The number of halogens is 1. The Balaban J connectivity index is 1.84. The lowest BCUT2D eigenvalue weighted by atomic mass is 10.2. The normalized spacial score (nSPS) is 14.1. The minimum atomic E-state index is -0.320. The van der Waals surface area contributed by atoms with Crippen molar-refractivity contribution >= 4 is 22.4 Å². The summed E-state index contributed by atoms with van der Waals surface area (Å²) in [5.74, 6) is -0.156. The molecule has 0 unspecified atom stereocenters. The molecule has 0 saturated heterocycles. The SMILES string of the molecule is COCCN(C(=O)C1CC1)c1nnc(-c2cccc(F)c2)s1. The lowest BCUT2D eigenvalue weighted by Crippen LogP contribution is -2.35. The molecule has 1 aliphatic rings. The van der Waals surface area contributed by atoms with E-state index in [9.17, 15) is 9.18 Å². The van der Waals surface area contributed by atoms with Gasteiger partial charge in [-0.2, -0.15) is 0 Å². The van der Waals surface area contributed by atoms with Crippen LogP contribution in [0.25, 0.3) is 10.6 Å². The molecule has 1 fully saturated rings. The summed E-state index contributed by atoms with van der Waals surface area (Å²) in [7, 11) is 1.60. The number of ether oxygens (including phenoxy) is 1. The highest BCUT2D eigenvalue weighted by atomic mass is 32.1. The van der Waals surface area contributed by atoms with Gasteiger partial charge in [-0.15, -0.1) is 10.2 Å². The monoisotopic (exact) mass is 321 g/mol. The number of rotatable bonds is 6. The highest BCUT2D eigenvalue weighted by Gasteiger charge is 2.35. The molecule has 0 N–H and O–H groups in total. The van der Waals surface area contributed by atoms with Crippen LogP contribution in [0, 0.1) is 11.7 Å². The third kappa shape index (κ3) is 3.31. The van der Waals surface area contributed by atoms with Crippen LogP contribution in [0.3, 0.4) is 0 Å². The molecule has 0 bridgehead atoms. The summed E-state index contributed by atoms with van der Waals surface area (Å²) >= 11 is 1.29. The molecular weight excluding hydrogens is 305 g/mol. The maximum atomic E-state index is 13.3. The van der Waals surface area contributed by atoms with Gasteiger partial charge in [-0.3, -0.25) is 9.69 Å². The molecule has 0 atom stereocenters. The summed E-state index contributed by atoms with van der Waals surface area (Å²) in [6.45, 7) is 0.886. The van der Waals surface area contributed by atoms with E-state index >= 15 is 0 Å². The Morgan fingerprint density at radius 2 is 2.27 bits per heavy atom. The van der Waals surface area contributed by atoms with Crippen LogP contribution in [-0.4, -0.2) is 36.4 Å². The first-order valence-corrected chi connectivity index (χ1v) is 7.90. The van der Waals surface area contributed by atoms with Crippen LogP contribution in [0.5, 0.6) is 0 Å². The minimum Gasteiger partial charge on any atom is -0.383 e. The van der Waals surface area contributed by atoms with Crippen molar-refractivity contribution in [2.45, 2.75) is 12.8 Å². The molecule has 0 radical (unpaired) electrons. The average Bonchev–Trinajstić information content (AvgIpc) is 3.26. The predicted molar refractivity (Wildman–Crippen MR) is 82.3 cm³/mol. The minimum absolute atomic E-state index is 0.0685. The number of amides is 1. The van der Waals surface area contributed by atoms with Gasteiger partial charge in [0.25, 0.3) is 0 Å². The van der Waals surface area contributed by atoms with Crippen LogP contribution >= 0.6 is 11.3 Å². The van der Waals surface area contributed by atoms with Crippen LogP contribution in [0.1, 0.15) is 12.8 Å². The zero-order valence-electron chi connectivity index (χ0n) is 12.2. The Bertz CT molecular complexity index is 672. The fraction of sp³-hybridized carbons (Fsp3) is 0.400. The fourth-order valence-electron chi connectivity index (χ4n) is 2.10. The first-order valence-electron chi connectivity index (χ1n) is 7.09. The Labute approximate surface area is 131 Å². The third-order valence-electron chi connectivity index (χ3n) is 3.43. The summed E-state index contributed by atoms with van der Waals surface area (Å²) in [6, 6.07) is 6.19. The number of nitrogens with zero attached hydrogens (tertiary/aromatic N) is 3. The summed E-state index contributed by atoms with van der Waals surface area (Å²) in [6.07, 6.45) is 1.86. The van der Waals surface area contributed by atoms with Crippen LogP contribution in [-0.2, 0) is 9.53 Å².